The number of hydrogen-bond acceptors (Lipinski definition) is 4. The smallest absolute Gasteiger partial charge is 0.416 e. The van der Waals surface area contributed by atoms with Crippen molar-refractivity contribution in [3.63, 3.8) is 0 Å². The van der Waals surface area contributed by atoms with Crippen LogP contribution in [-0.2, 0) is 15.1 Å². The first-order valence-corrected chi connectivity index (χ1v) is 13.2. The number of carbonyl (C=O) groups excluding carboxylic acids is 2. The van der Waals surface area contributed by atoms with Crippen molar-refractivity contribution in [3.8, 4) is 0 Å². The Kier molecular flexibility index (Phi) is 5.61. The van der Waals surface area contributed by atoms with Crippen LogP contribution in [0, 0.1) is 0 Å². The number of nitrogens with zero attached hydrogens (tertiary/aromatic N) is 2. The molecule has 1 fully saturated rings. The summed E-state index contributed by atoms with van der Waals surface area (Å²) in [5.41, 5.74) is 2.89. The molecule has 1 saturated heterocycles. The van der Waals surface area contributed by atoms with Gasteiger partial charge in [0.05, 0.1) is 16.9 Å². The van der Waals surface area contributed by atoms with E-state index in [1.807, 2.05) is 39.0 Å². The van der Waals surface area contributed by atoms with E-state index in [1.54, 1.807) is 4.90 Å². The van der Waals surface area contributed by atoms with E-state index in [9.17, 15) is 9.59 Å². The summed E-state index contributed by atoms with van der Waals surface area (Å²) in [4.78, 5) is 30.1. The van der Waals surface area contributed by atoms with Crippen molar-refractivity contribution in [1.29, 1.82) is 0 Å². The van der Waals surface area contributed by atoms with Crippen LogP contribution in [0.4, 0.5) is 16.2 Å². The summed E-state index contributed by atoms with van der Waals surface area (Å²) in [7, 11) is 0. The largest absolute Gasteiger partial charge is 0.443 e. The van der Waals surface area contributed by atoms with Crippen LogP contribution in [0.5, 0.6) is 0 Å². The van der Waals surface area contributed by atoms with Crippen molar-refractivity contribution in [2.24, 2.45) is 0 Å². The highest BCUT2D eigenvalue weighted by Crippen LogP contribution is 2.62. The van der Waals surface area contributed by atoms with Gasteiger partial charge in [0.15, 0.2) is 0 Å². The van der Waals surface area contributed by atoms with Gasteiger partial charge in [0, 0.05) is 37.9 Å². The molecule has 0 aliphatic carbocycles. The lowest BCUT2D eigenvalue weighted by Gasteiger charge is -2.51. The van der Waals surface area contributed by atoms with E-state index in [0.29, 0.717) is 19.6 Å². The van der Waals surface area contributed by atoms with Gasteiger partial charge in [0.1, 0.15) is 12.3 Å². The van der Waals surface area contributed by atoms with Crippen LogP contribution >= 0.6 is 47.8 Å². The average Bonchev–Trinajstić information content (AvgIpc) is 2.84. The number of hydrogen-bond donors (Lipinski definition) is 1. The third kappa shape index (κ3) is 3.71. The molecule has 1 N–H and O–H groups in total. The molecule has 2 aromatic carbocycles. The summed E-state index contributed by atoms with van der Waals surface area (Å²) < 4.78 is 8.60. The number of rotatable bonds is 0. The number of benzene rings is 2. The van der Waals surface area contributed by atoms with Crippen LogP contribution in [0.3, 0.4) is 0 Å². The quantitative estimate of drug-likeness (QED) is 0.362. The molecule has 1 spiro atoms. The lowest BCUT2D eigenvalue weighted by atomic mass is 9.72. The molecular formula is C24H24Br3N3O3. The number of nitrogens with one attached hydrogen (secondary N) is 1. The lowest BCUT2D eigenvalue weighted by molar-refractivity contribution is -0.121. The van der Waals surface area contributed by atoms with E-state index in [4.69, 9.17) is 4.74 Å². The molecule has 2 atom stereocenters. The van der Waals surface area contributed by atoms with E-state index in [-0.39, 0.29) is 17.9 Å². The Morgan fingerprint density at radius 2 is 1.91 bits per heavy atom. The zero-order chi connectivity index (χ0) is 23.7. The van der Waals surface area contributed by atoms with E-state index in [1.165, 1.54) is 0 Å². The SMILES string of the molecule is CC(C)(C)OC(=O)N1CN2c3c(Br)cc(Br)cc3[C@H]3CC(=O)NCC[C@]32c2cc(Br)ccc21. The van der Waals surface area contributed by atoms with Gasteiger partial charge in [0.2, 0.25) is 5.91 Å². The van der Waals surface area contributed by atoms with Crippen molar-refractivity contribution in [1.82, 2.24) is 5.32 Å². The summed E-state index contributed by atoms with van der Waals surface area (Å²) in [5.74, 6) is -0.00970. The lowest BCUT2D eigenvalue weighted by Crippen LogP contribution is -2.58. The van der Waals surface area contributed by atoms with Gasteiger partial charge in [-0.3, -0.25) is 9.69 Å². The van der Waals surface area contributed by atoms with Crippen molar-refractivity contribution in [2.45, 2.75) is 50.7 Å². The Balaban J connectivity index is 1.77. The third-order valence-electron chi connectivity index (χ3n) is 6.59. The molecule has 33 heavy (non-hydrogen) atoms. The molecule has 3 heterocycles. The number of carbonyl (C=O) groups is 2. The Bertz CT molecular complexity index is 1180. The molecule has 0 unspecified atom stereocenters. The highest BCUT2D eigenvalue weighted by Gasteiger charge is 2.58. The molecule has 2 amide bonds. The zero-order valence-electron chi connectivity index (χ0n) is 18.5. The summed E-state index contributed by atoms with van der Waals surface area (Å²) in [6.07, 6.45) is 0.723. The fraction of sp³-hybridized carbons (Fsp3) is 0.417. The van der Waals surface area contributed by atoms with Crippen molar-refractivity contribution < 1.29 is 14.3 Å². The van der Waals surface area contributed by atoms with E-state index < -0.39 is 11.1 Å². The molecule has 9 heteroatoms. The number of halogens is 3. The van der Waals surface area contributed by atoms with E-state index >= 15 is 0 Å². The minimum Gasteiger partial charge on any atom is -0.443 e. The van der Waals surface area contributed by atoms with Crippen LogP contribution in [-0.4, -0.2) is 30.8 Å². The normalized spacial score (nSPS) is 23.7. The van der Waals surface area contributed by atoms with Crippen molar-refractivity contribution in [2.75, 3.05) is 23.0 Å². The van der Waals surface area contributed by atoms with E-state index in [0.717, 1.165) is 42.3 Å². The number of amides is 2. The number of fused-ring (bicyclic) bond motifs is 4. The first kappa shape index (κ1) is 23.2. The van der Waals surface area contributed by atoms with Gasteiger partial charge in [-0.05, 0) is 79.0 Å². The zero-order valence-corrected chi connectivity index (χ0v) is 23.3. The van der Waals surface area contributed by atoms with Crippen LogP contribution in [0.1, 0.15) is 50.7 Å². The van der Waals surface area contributed by atoms with E-state index in [2.05, 4.69) is 70.1 Å². The summed E-state index contributed by atoms with van der Waals surface area (Å²) in [5, 5.41) is 3.07. The monoisotopic (exact) mass is 639 g/mol. The van der Waals surface area contributed by atoms with Gasteiger partial charge < -0.3 is 15.0 Å². The van der Waals surface area contributed by atoms with Crippen LogP contribution < -0.4 is 15.1 Å². The molecule has 3 aliphatic rings. The molecule has 0 aromatic heterocycles. The maximum Gasteiger partial charge on any atom is 0.416 e. The summed E-state index contributed by atoms with van der Waals surface area (Å²) in [6.45, 7) is 6.52. The van der Waals surface area contributed by atoms with Crippen LogP contribution in [0.15, 0.2) is 43.7 Å². The van der Waals surface area contributed by atoms with Gasteiger partial charge in [0.25, 0.3) is 0 Å². The summed E-state index contributed by atoms with van der Waals surface area (Å²) in [6, 6.07) is 10.1. The Morgan fingerprint density at radius 3 is 2.64 bits per heavy atom. The second kappa shape index (κ2) is 7.99. The Labute approximate surface area is 218 Å². The van der Waals surface area contributed by atoms with Crippen LogP contribution in [0.25, 0.3) is 0 Å². The highest BCUT2D eigenvalue weighted by atomic mass is 79.9. The molecular weight excluding hydrogens is 618 g/mol. The Hall–Kier alpha value is -1.58. The molecule has 2 aromatic rings. The number of ether oxygens (including phenoxy) is 1. The van der Waals surface area contributed by atoms with Gasteiger partial charge in [-0.2, -0.15) is 0 Å². The van der Waals surface area contributed by atoms with Crippen molar-refractivity contribution >= 4 is 71.2 Å². The minimum absolute atomic E-state index is 0.0480. The number of anilines is 2. The standard InChI is InChI=1S/C24H24Br3N3O3/c1-23(2,3)33-22(32)29-12-30-21-15(8-14(26)10-18(21)27)16-11-20(31)28-7-6-24(16,30)17-9-13(25)4-5-19(17)29/h4-5,8-10,16H,6-7,11-12H2,1-3H3,(H,28,31)/t16-,24-/m1/s1. The first-order valence-electron chi connectivity index (χ1n) is 10.8. The summed E-state index contributed by atoms with van der Waals surface area (Å²) >= 11 is 11.1. The third-order valence-corrected chi connectivity index (χ3v) is 8.15. The van der Waals surface area contributed by atoms with Gasteiger partial charge in [-0.1, -0.05) is 31.9 Å². The fourth-order valence-electron chi connectivity index (χ4n) is 5.46. The average molecular weight is 642 g/mol. The molecule has 3 aliphatic heterocycles. The molecule has 0 saturated carbocycles. The van der Waals surface area contributed by atoms with Gasteiger partial charge in [-0.15, -0.1) is 0 Å². The predicted molar refractivity (Wildman–Crippen MR) is 139 cm³/mol. The predicted octanol–water partition coefficient (Wildman–Crippen LogP) is 6.40. The highest BCUT2D eigenvalue weighted by molar-refractivity contribution is 9.11. The molecule has 0 radical (unpaired) electrons. The van der Waals surface area contributed by atoms with Crippen LogP contribution in [0.2, 0.25) is 0 Å². The molecule has 5 rings (SSSR count). The first-order chi connectivity index (χ1) is 15.5. The van der Waals surface area contributed by atoms with Gasteiger partial charge in [-0.25, -0.2) is 4.79 Å². The second-order valence-electron chi connectivity index (χ2n) is 9.75. The maximum atomic E-state index is 13.4. The minimum atomic E-state index is -0.614. The second-order valence-corrected chi connectivity index (χ2v) is 12.4. The maximum absolute atomic E-state index is 13.4. The van der Waals surface area contributed by atoms with Gasteiger partial charge >= 0.3 is 6.09 Å². The van der Waals surface area contributed by atoms with Crippen molar-refractivity contribution in [3.05, 3.63) is 54.9 Å². The molecule has 0 bridgehead atoms. The Morgan fingerprint density at radius 1 is 1.15 bits per heavy atom. The molecule has 174 valence electrons. The molecule has 6 nitrogen and oxygen atoms in total. The topological polar surface area (TPSA) is 61.9 Å². The fourth-order valence-corrected chi connectivity index (χ4v) is 7.30.